The van der Waals surface area contributed by atoms with E-state index in [1.54, 1.807) is 29.8 Å². The van der Waals surface area contributed by atoms with E-state index in [9.17, 15) is 18.0 Å². The molecule has 2 rings (SSSR count). The zero-order valence-electron chi connectivity index (χ0n) is 11.3. The SMILES string of the molecule is CCOC(=O)c1cnn2ccc(N)cc12.O=C(O)C(F)(F)F. The number of nitrogen functional groups attached to an aromatic ring is 1. The summed E-state index contributed by atoms with van der Waals surface area (Å²) in [6.07, 6.45) is -1.90. The predicted octanol–water partition coefficient (Wildman–Crippen LogP) is 1.73. The molecule has 7 nitrogen and oxygen atoms in total. The molecule has 120 valence electrons. The number of rotatable bonds is 2. The lowest BCUT2D eigenvalue weighted by Crippen LogP contribution is -2.21. The third-order valence-electron chi connectivity index (χ3n) is 2.28. The van der Waals surface area contributed by atoms with Crippen molar-refractivity contribution in [1.82, 2.24) is 9.61 Å². The lowest BCUT2D eigenvalue weighted by atomic mass is 10.2. The Morgan fingerprint density at radius 3 is 2.55 bits per heavy atom. The maximum Gasteiger partial charge on any atom is 0.490 e. The van der Waals surface area contributed by atoms with Crippen molar-refractivity contribution >= 4 is 23.1 Å². The number of nitrogens with two attached hydrogens (primary N) is 1. The normalized spacial score (nSPS) is 10.7. The van der Waals surface area contributed by atoms with Gasteiger partial charge in [-0.15, -0.1) is 0 Å². The molecular weight excluding hydrogens is 307 g/mol. The smallest absolute Gasteiger partial charge is 0.475 e. The van der Waals surface area contributed by atoms with Gasteiger partial charge in [0.2, 0.25) is 0 Å². The number of carboxylic acid groups (broad SMARTS) is 1. The van der Waals surface area contributed by atoms with Crippen LogP contribution < -0.4 is 5.73 Å². The minimum absolute atomic E-state index is 0.346. The molecule has 0 bridgehead atoms. The number of anilines is 1. The minimum atomic E-state index is -5.08. The number of halogens is 3. The van der Waals surface area contributed by atoms with Crippen molar-refractivity contribution in [1.29, 1.82) is 0 Å². The number of hydrogen-bond acceptors (Lipinski definition) is 5. The van der Waals surface area contributed by atoms with Gasteiger partial charge in [0.1, 0.15) is 5.56 Å². The monoisotopic (exact) mass is 319 g/mol. The van der Waals surface area contributed by atoms with Crippen LogP contribution in [0.3, 0.4) is 0 Å². The molecule has 0 aliphatic heterocycles. The Bertz CT molecular complexity index is 682. The minimum Gasteiger partial charge on any atom is -0.475 e. The molecule has 0 saturated heterocycles. The zero-order chi connectivity index (χ0) is 16.9. The molecule has 0 unspecified atom stereocenters. The number of nitrogens with zero attached hydrogens (tertiary/aromatic N) is 2. The summed E-state index contributed by atoms with van der Waals surface area (Å²) in [5.74, 6) is -3.13. The van der Waals surface area contributed by atoms with Gasteiger partial charge in [-0.25, -0.2) is 14.1 Å². The topological polar surface area (TPSA) is 107 Å². The maximum atomic E-state index is 11.5. The molecule has 2 aromatic heterocycles. The Labute approximate surface area is 122 Å². The van der Waals surface area contributed by atoms with Crippen molar-refractivity contribution in [2.24, 2.45) is 0 Å². The highest BCUT2D eigenvalue weighted by Crippen LogP contribution is 2.15. The third-order valence-corrected chi connectivity index (χ3v) is 2.28. The van der Waals surface area contributed by atoms with Crippen molar-refractivity contribution in [3.05, 3.63) is 30.1 Å². The molecule has 10 heteroatoms. The summed E-state index contributed by atoms with van der Waals surface area (Å²) in [7, 11) is 0. The van der Waals surface area contributed by atoms with Crippen molar-refractivity contribution < 1.29 is 32.6 Å². The molecule has 0 radical (unpaired) electrons. The predicted molar refractivity (Wildman–Crippen MR) is 69.3 cm³/mol. The fourth-order valence-electron chi connectivity index (χ4n) is 1.36. The number of alkyl halides is 3. The molecule has 0 saturated carbocycles. The molecule has 0 aliphatic carbocycles. The molecule has 3 N–H and O–H groups in total. The first kappa shape index (κ1) is 17.3. The van der Waals surface area contributed by atoms with E-state index in [1.165, 1.54) is 6.20 Å². The van der Waals surface area contributed by atoms with Gasteiger partial charge in [0.15, 0.2) is 0 Å². The lowest BCUT2D eigenvalue weighted by molar-refractivity contribution is -0.192. The highest BCUT2D eigenvalue weighted by atomic mass is 19.4. The Balaban J connectivity index is 0.000000295. The summed E-state index contributed by atoms with van der Waals surface area (Å²) in [5, 5.41) is 11.1. The van der Waals surface area contributed by atoms with E-state index in [0.717, 1.165) is 0 Å². The number of pyridine rings is 1. The highest BCUT2D eigenvalue weighted by molar-refractivity contribution is 5.97. The second kappa shape index (κ2) is 6.78. The lowest BCUT2D eigenvalue weighted by Gasteiger charge is -2.00. The van der Waals surface area contributed by atoms with E-state index >= 15 is 0 Å². The van der Waals surface area contributed by atoms with Crippen LogP contribution in [0.4, 0.5) is 18.9 Å². The standard InChI is InChI=1S/C10H11N3O2.C2HF3O2/c1-2-15-10(14)8-6-12-13-4-3-7(11)5-9(8)13;3-2(4,5)1(6)7/h3-6H,2,11H2,1H3;(H,6,7). The van der Waals surface area contributed by atoms with Crippen LogP contribution in [0.5, 0.6) is 0 Å². The largest absolute Gasteiger partial charge is 0.490 e. The van der Waals surface area contributed by atoms with Crippen molar-refractivity contribution in [3.63, 3.8) is 0 Å². The zero-order valence-corrected chi connectivity index (χ0v) is 11.3. The van der Waals surface area contributed by atoms with Crippen LogP contribution in [0.15, 0.2) is 24.5 Å². The fourth-order valence-corrected chi connectivity index (χ4v) is 1.36. The molecule has 2 aromatic rings. The summed E-state index contributed by atoms with van der Waals surface area (Å²) < 4.78 is 38.2. The first-order valence-corrected chi connectivity index (χ1v) is 5.87. The molecule has 0 aromatic carbocycles. The molecule has 0 atom stereocenters. The Morgan fingerprint density at radius 1 is 1.45 bits per heavy atom. The van der Waals surface area contributed by atoms with E-state index in [2.05, 4.69) is 5.10 Å². The first-order chi connectivity index (χ1) is 10.2. The molecule has 0 amide bonds. The first-order valence-electron chi connectivity index (χ1n) is 5.87. The van der Waals surface area contributed by atoms with E-state index in [0.29, 0.717) is 23.4 Å². The van der Waals surface area contributed by atoms with Crippen molar-refractivity contribution in [2.75, 3.05) is 12.3 Å². The van der Waals surface area contributed by atoms with Gasteiger partial charge >= 0.3 is 18.1 Å². The molecule has 0 aliphatic rings. The average Bonchev–Trinajstić information content (AvgIpc) is 2.81. The number of hydrogen-bond donors (Lipinski definition) is 2. The molecule has 0 fully saturated rings. The van der Waals surface area contributed by atoms with Gasteiger partial charge in [0, 0.05) is 11.9 Å². The number of ether oxygens (including phenoxy) is 1. The van der Waals surface area contributed by atoms with Gasteiger partial charge < -0.3 is 15.6 Å². The van der Waals surface area contributed by atoms with Gasteiger partial charge in [0.25, 0.3) is 0 Å². The molecule has 22 heavy (non-hydrogen) atoms. The Morgan fingerprint density at radius 2 is 2.05 bits per heavy atom. The maximum absolute atomic E-state index is 11.5. The van der Waals surface area contributed by atoms with E-state index < -0.39 is 12.1 Å². The van der Waals surface area contributed by atoms with E-state index in [-0.39, 0.29) is 5.97 Å². The molecule has 0 spiro atoms. The number of aromatic nitrogens is 2. The number of carbonyl (C=O) groups is 2. The van der Waals surface area contributed by atoms with Crippen LogP contribution in [-0.2, 0) is 9.53 Å². The summed E-state index contributed by atoms with van der Waals surface area (Å²) >= 11 is 0. The number of aliphatic carboxylic acids is 1. The van der Waals surface area contributed by atoms with Gasteiger partial charge in [-0.2, -0.15) is 18.3 Å². The van der Waals surface area contributed by atoms with Gasteiger partial charge in [0.05, 0.1) is 18.3 Å². The summed E-state index contributed by atoms with van der Waals surface area (Å²) in [6.45, 7) is 2.11. The molecule has 2 heterocycles. The van der Waals surface area contributed by atoms with Crippen LogP contribution in [0.25, 0.3) is 5.52 Å². The Kier molecular flexibility index (Phi) is 5.33. The number of carboxylic acids is 1. The highest BCUT2D eigenvalue weighted by Gasteiger charge is 2.38. The second-order valence-corrected chi connectivity index (χ2v) is 3.87. The van der Waals surface area contributed by atoms with Crippen LogP contribution in [0.2, 0.25) is 0 Å². The quantitative estimate of drug-likeness (QED) is 0.816. The summed E-state index contributed by atoms with van der Waals surface area (Å²) in [6, 6.07) is 3.41. The Hall–Kier alpha value is -2.78. The van der Waals surface area contributed by atoms with Crippen LogP contribution in [0, 0.1) is 0 Å². The van der Waals surface area contributed by atoms with Crippen LogP contribution in [-0.4, -0.2) is 39.4 Å². The van der Waals surface area contributed by atoms with Gasteiger partial charge in [-0.3, -0.25) is 0 Å². The third kappa shape index (κ3) is 4.36. The van der Waals surface area contributed by atoms with Gasteiger partial charge in [-0.05, 0) is 19.1 Å². The van der Waals surface area contributed by atoms with Crippen LogP contribution >= 0.6 is 0 Å². The molecular formula is C12H12F3N3O4. The number of esters is 1. The average molecular weight is 319 g/mol. The van der Waals surface area contributed by atoms with E-state index in [4.69, 9.17) is 20.4 Å². The number of carbonyl (C=O) groups excluding carboxylic acids is 1. The summed E-state index contributed by atoms with van der Waals surface area (Å²) in [4.78, 5) is 20.4. The van der Waals surface area contributed by atoms with Crippen molar-refractivity contribution in [2.45, 2.75) is 13.1 Å². The fraction of sp³-hybridized carbons (Fsp3) is 0.250. The van der Waals surface area contributed by atoms with Crippen LogP contribution in [0.1, 0.15) is 17.3 Å². The second-order valence-electron chi connectivity index (χ2n) is 3.87. The van der Waals surface area contributed by atoms with Crippen molar-refractivity contribution in [3.8, 4) is 0 Å². The van der Waals surface area contributed by atoms with E-state index in [1.807, 2.05) is 0 Å². The van der Waals surface area contributed by atoms with Gasteiger partial charge in [-0.1, -0.05) is 0 Å². The summed E-state index contributed by atoms with van der Waals surface area (Å²) in [5.41, 5.74) is 7.32. The number of fused-ring (bicyclic) bond motifs is 1.